The molecule has 6 aromatic rings. The van der Waals surface area contributed by atoms with E-state index in [4.69, 9.17) is 34.0 Å². The fraction of sp³-hybridized carbons (Fsp3) is 0.208. The van der Waals surface area contributed by atoms with Crippen LogP contribution in [0.15, 0.2) is 98.6 Å². The highest BCUT2D eigenvalue weighted by atomic mass is 35.5. The summed E-state index contributed by atoms with van der Waals surface area (Å²) in [7, 11) is 4.17. The molecule has 2 aliphatic rings. The van der Waals surface area contributed by atoms with Gasteiger partial charge in [0.2, 0.25) is 5.91 Å². The minimum atomic E-state index is -0.981. The van der Waals surface area contributed by atoms with Gasteiger partial charge in [0, 0.05) is 53.0 Å². The Hall–Kier alpha value is -7.14. The summed E-state index contributed by atoms with van der Waals surface area (Å²) in [6.07, 6.45) is 6.91. The quantitative estimate of drug-likeness (QED) is 0.0586. The zero-order chi connectivity index (χ0) is 46.6. The molecule has 2 saturated heterocycles. The lowest BCUT2D eigenvalue weighted by Crippen LogP contribution is -2.13. The maximum atomic E-state index is 14.4. The number of fused-ring (bicyclic) bond motifs is 2. The Bertz CT molecular complexity index is 2910. The van der Waals surface area contributed by atoms with E-state index in [0.717, 1.165) is 50.7 Å². The third-order valence-corrected chi connectivity index (χ3v) is 10.8. The zero-order valence-electron chi connectivity index (χ0n) is 35.4. The van der Waals surface area contributed by atoms with E-state index in [9.17, 15) is 18.4 Å². The van der Waals surface area contributed by atoms with Crippen LogP contribution < -0.4 is 21.7 Å². The summed E-state index contributed by atoms with van der Waals surface area (Å²) in [6.45, 7) is 10.4. The van der Waals surface area contributed by atoms with Crippen molar-refractivity contribution in [1.29, 1.82) is 0 Å². The molecule has 0 saturated carbocycles. The highest BCUT2D eigenvalue weighted by Crippen LogP contribution is 2.32. The molecule has 0 aliphatic carbocycles. The average molecular weight is 918 g/mol. The minimum Gasteiger partial charge on any atom is -0.478 e. The Morgan fingerprint density at radius 2 is 1.23 bits per heavy atom. The van der Waals surface area contributed by atoms with Gasteiger partial charge < -0.3 is 36.6 Å². The first kappa shape index (κ1) is 47.3. The molecule has 8 rings (SSSR count). The molecule has 2 aliphatic heterocycles. The maximum absolute atomic E-state index is 14.4. The molecule has 332 valence electrons. The van der Waals surface area contributed by atoms with Crippen LogP contribution in [-0.2, 0) is 9.59 Å². The van der Waals surface area contributed by atoms with Crippen molar-refractivity contribution in [2.45, 2.75) is 12.8 Å². The number of carboxylic acids is 1. The molecule has 1 amide bonds. The summed E-state index contributed by atoms with van der Waals surface area (Å²) >= 11 is 11.7. The van der Waals surface area contributed by atoms with Gasteiger partial charge in [-0.3, -0.25) is 4.79 Å². The Balaban J connectivity index is 0.000000197. The number of rotatable bonds is 7. The number of benzene rings is 4. The number of nitrogen functional groups attached to an aromatic ring is 1. The van der Waals surface area contributed by atoms with E-state index in [-0.39, 0.29) is 33.2 Å². The number of aromatic nitrogens is 4. The average Bonchev–Trinajstić information content (AvgIpc) is 3.92. The van der Waals surface area contributed by atoms with Crippen LogP contribution in [0.3, 0.4) is 0 Å². The van der Waals surface area contributed by atoms with Crippen LogP contribution in [0.4, 0.5) is 43.2 Å². The first-order valence-electron chi connectivity index (χ1n) is 20.2. The molecule has 2 unspecified atom stereocenters. The van der Waals surface area contributed by atoms with Gasteiger partial charge in [-0.2, -0.15) is 0 Å². The molecular weight excluding hydrogens is 873 g/mol. The Morgan fingerprint density at radius 3 is 1.69 bits per heavy atom. The van der Waals surface area contributed by atoms with Gasteiger partial charge in [-0.25, -0.2) is 33.5 Å². The van der Waals surface area contributed by atoms with Gasteiger partial charge >= 0.3 is 5.97 Å². The predicted molar refractivity (Wildman–Crippen MR) is 254 cm³/mol. The van der Waals surface area contributed by atoms with Crippen LogP contribution in [-0.4, -0.2) is 87.0 Å². The maximum Gasteiger partial charge on any atom is 0.327 e. The lowest BCUT2D eigenvalue weighted by Gasteiger charge is -2.12. The lowest BCUT2D eigenvalue weighted by atomic mass is 10.1. The van der Waals surface area contributed by atoms with E-state index in [1.54, 1.807) is 42.5 Å². The van der Waals surface area contributed by atoms with Gasteiger partial charge in [0.1, 0.15) is 24.3 Å². The Labute approximate surface area is 384 Å². The van der Waals surface area contributed by atoms with E-state index < -0.39 is 17.6 Å². The van der Waals surface area contributed by atoms with Gasteiger partial charge in [0.05, 0.1) is 43.7 Å². The molecule has 65 heavy (non-hydrogen) atoms. The van der Waals surface area contributed by atoms with Crippen molar-refractivity contribution in [3.05, 3.63) is 131 Å². The molecule has 2 atom stereocenters. The number of hydrogen-bond donors (Lipinski definition) is 5. The second-order valence-corrected chi connectivity index (χ2v) is 15.9. The minimum absolute atomic E-state index is 0.00224. The number of halogens is 4. The number of carbonyl (C=O) groups is 2. The predicted octanol–water partition coefficient (Wildman–Crippen LogP) is 8.90. The smallest absolute Gasteiger partial charge is 0.327 e. The highest BCUT2D eigenvalue weighted by molar-refractivity contribution is 6.31. The number of anilines is 6. The normalized spacial score (nSPS) is 15.5. The largest absolute Gasteiger partial charge is 0.478 e. The number of amides is 1. The number of carbonyl (C=O) groups excluding carboxylic acids is 1. The van der Waals surface area contributed by atoms with Gasteiger partial charge in [0.25, 0.3) is 0 Å². The number of carboxylic acid groups (broad SMARTS) is 1. The molecular formula is C48H44Cl2F2N10O3. The summed E-state index contributed by atoms with van der Waals surface area (Å²) < 4.78 is 28.6. The molecule has 2 fully saturated rings. The van der Waals surface area contributed by atoms with Crippen molar-refractivity contribution in [2.75, 3.05) is 62.0 Å². The van der Waals surface area contributed by atoms with Crippen molar-refractivity contribution >= 4 is 91.3 Å². The lowest BCUT2D eigenvalue weighted by molar-refractivity contribution is -0.131. The Kier molecular flexibility index (Phi) is 16.0. The number of nitrogens with one attached hydrogen (secondary N) is 3. The number of hydrogen-bond acceptors (Lipinski definition) is 11. The summed E-state index contributed by atoms with van der Waals surface area (Å²) in [5.74, 6) is 12.0. The molecule has 0 bridgehead atoms. The van der Waals surface area contributed by atoms with Crippen molar-refractivity contribution in [2.24, 2.45) is 11.8 Å². The second-order valence-electron chi connectivity index (χ2n) is 15.0. The summed E-state index contributed by atoms with van der Waals surface area (Å²) in [4.78, 5) is 42.9. The van der Waals surface area contributed by atoms with Crippen molar-refractivity contribution in [3.8, 4) is 23.7 Å². The first-order chi connectivity index (χ1) is 31.2. The van der Waals surface area contributed by atoms with Crippen LogP contribution in [0.25, 0.3) is 21.8 Å². The molecule has 17 heteroatoms. The molecule has 13 nitrogen and oxygen atoms in total. The van der Waals surface area contributed by atoms with E-state index in [1.807, 2.05) is 6.07 Å². The van der Waals surface area contributed by atoms with Crippen molar-refractivity contribution in [3.63, 3.8) is 0 Å². The van der Waals surface area contributed by atoms with Crippen LogP contribution in [0.1, 0.15) is 24.0 Å². The molecule has 0 spiro atoms. The van der Waals surface area contributed by atoms with Crippen molar-refractivity contribution in [1.82, 2.24) is 29.7 Å². The fourth-order valence-corrected chi connectivity index (χ4v) is 7.19. The fourth-order valence-electron chi connectivity index (χ4n) is 6.84. The third kappa shape index (κ3) is 12.5. The van der Waals surface area contributed by atoms with Crippen LogP contribution in [0.5, 0.6) is 0 Å². The molecule has 2 aromatic heterocycles. The standard InChI is InChI=1S/C24H21ClFN5O.C21H19ClFN5.C3H4O2/c1-3-22(32)29-20-12-17-21(11-16(20)8-7-15-9-10-31(2)13-15)27-14-28-24(17)30-19-6-4-5-18(25)23(19)26;1-28-8-7-13(11-28)5-6-14-9-19-15(10-17(14)24)21(26-12-25-19)27-18-4-2-3-16(22)20(18)23;1-2-3(4)5/h3-6,11-12,14-15H,1,9-10,13H2,2H3,(H,29,32)(H,27,28,30);2-4,9-10,12-13H,7-8,11,24H2,1H3,(H,25,26,27);2H,1H2,(H,4,5). The SMILES string of the molecule is C=CC(=O)Nc1cc2c(Nc3cccc(Cl)c3F)ncnc2cc1C#CC1CCN(C)C1.C=CC(=O)O.CN1CCC(C#Cc2cc3ncnc(Nc4cccc(Cl)c4F)c3cc2N)C1. The second kappa shape index (κ2) is 22.0. The van der Waals surface area contributed by atoms with Gasteiger partial charge in [-0.15, -0.1) is 0 Å². The van der Waals surface area contributed by atoms with Crippen LogP contribution in [0, 0.1) is 47.2 Å². The summed E-state index contributed by atoms with van der Waals surface area (Å²) in [5, 5.41) is 17.7. The van der Waals surface area contributed by atoms with Gasteiger partial charge in [-0.05, 0) is 94.6 Å². The summed E-state index contributed by atoms with van der Waals surface area (Å²) in [5.41, 5.74) is 10.4. The van der Waals surface area contributed by atoms with Gasteiger partial charge in [-0.1, -0.05) is 72.2 Å². The number of nitrogens with two attached hydrogens (primary N) is 1. The van der Waals surface area contributed by atoms with Crippen molar-refractivity contribution < 1.29 is 23.5 Å². The van der Waals surface area contributed by atoms with Gasteiger partial charge in [0.15, 0.2) is 11.6 Å². The molecule has 0 radical (unpaired) electrons. The molecule has 6 N–H and O–H groups in total. The third-order valence-electron chi connectivity index (χ3n) is 10.2. The number of aliphatic carboxylic acids is 1. The zero-order valence-corrected chi connectivity index (χ0v) is 36.9. The summed E-state index contributed by atoms with van der Waals surface area (Å²) in [6, 6.07) is 16.6. The molecule has 4 heterocycles. The van der Waals surface area contributed by atoms with E-state index in [2.05, 4.69) is 96.6 Å². The van der Waals surface area contributed by atoms with E-state index in [0.29, 0.717) is 56.3 Å². The monoisotopic (exact) mass is 916 g/mol. The first-order valence-corrected chi connectivity index (χ1v) is 20.9. The van der Waals surface area contributed by atoms with Crippen LogP contribution >= 0.6 is 23.2 Å². The van der Waals surface area contributed by atoms with E-state index >= 15 is 0 Å². The number of likely N-dealkylation sites (tertiary alicyclic amines) is 2. The highest BCUT2D eigenvalue weighted by Gasteiger charge is 2.19. The topological polar surface area (TPSA) is 175 Å². The van der Waals surface area contributed by atoms with E-state index in [1.165, 1.54) is 30.9 Å². The van der Waals surface area contributed by atoms with Crippen LogP contribution in [0.2, 0.25) is 10.0 Å². The molecule has 4 aromatic carbocycles. The Morgan fingerprint density at radius 1 is 0.754 bits per heavy atom. The number of nitrogens with zero attached hydrogens (tertiary/aromatic N) is 6.